The molecule has 1 saturated heterocycles. The predicted molar refractivity (Wildman–Crippen MR) is 71.9 cm³/mol. The number of hydrogen-bond donors (Lipinski definition) is 1. The summed E-state index contributed by atoms with van der Waals surface area (Å²) >= 11 is 1.51. The Hall–Kier alpha value is -1.58. The molecule has 2 unspecified atom stereocenters. The molecule has 0 saturated carbocycles. The monoisotopic (exact) mass is 301 g/mol. The first kappa shape index (κ1) is 14.8. The predicted octanol–water partition coefficient (Wildman–Crippen LogP) is -0.0492. The van der Waals surface area contributed by atoms with Crippen molar-refractivity contribution in [1.29, 1.82) is 0 Å². The Labute approximate surface area is 119 Å². The van der Waals surface area contributed by atoms with Gasteiger partial charge in [-0.1, -0.05) is 0 Å². The van der Waals surface area contributed by atoms with Gasteiger partial charge in [0, 0.05) is 18.9 Å². The molecule has 2 heterocycles. The van der Waals surface area contributed by atoms with Gasteiger partial charge < -0.3 is 19.9 Å². The normalized spacial score (nSPS) is 21.9. The van der Waals surface area contributed by atoms with Crippen LogP contribution in [-0.4, -0.2) is 40.1 Å². The number of ether oxygens (including phenoxy) is 3. The molecular formula is C11H15N3O5S. The minimum absolute atomic E-state index is 0.107. The molecule has 2 N–H and O–H groups in total. The van der Waals surface area contributed by atoms with Crippen LogP contribution in [0.25, 0.3) is 0 Å². The van der Waals surface area contributed by atoms with E-state index in [1.165, 1.54) is 23.3 Å². The number of nitrogen functional groups attached to an aromatic ring is 1. The lowest BCUT2D eigenvalue weighted by Crippen LogP contribution is -2.28. The summed E-state index contributed by atoms with van der Waals surface area (Å²) in [6.45, 7) is 1.47. The second-order valence-corrected chi connectivity index (χ2v) is 5.21. The molecule has 0 bridgehead atoms. The summed E-state index contributed by atoms with van der Waals surface area (Å²) in [5.74, 6) is 0.383. The van der Waals surface area contributed by atoms with Crippen molar-refractivity contribution in [3.8, 4) is 0 Å². The molecule has 8 nitrogen and oxygen atoms in total. The maximum Gasteiger partial charge on any atom is 0.351 e. The van der Waals surface area contributed by atoms with Gasteiger partial charge in [-0.3, -0.25) is 9.36 Å². The Morgan fingerprint density at radius 1 is 1.70 bits per heavy atom. The first-order chi connectivity index (χ1) is 9.56. The molecule has 0 spiro atoms. The molecule has 1 aromatic heterocycles. The average molecular weight is 301 g/mol. The van der Waals surface area contributed by atoms with E-state index in [0.717, 1.165) is 0 Å². The summed E-state index contributed by atoms with van der Waals surface area (Å²) in [5, 5.41) is 0. The Bertz CT molecular complexity index is 535. The van der Waals surface area contributed by atoms with E-state index in [4.69, 9.17) is 15.2 Å². The highest BCUT2D eigenvalue weighted by atomic mass is 32.2. The molecule has 0 aliphatic carbocycles. The van der Waals surface area contributed by atoms with Crippen LogP contribution in [0.1, 0.15) is 13.2 Å². The summed E-state index contributed by atoms with van der Waals surface area (Å²) in [5.41, 5.74) is 4.76. The first-order valence-electron chi connectivity index (χ1n) is 5.89. The summed E-state index contributed by atoms with van der Waals surface area (Å²) in [4.78, 5) is 25.9. The van der Waals surface area contributed by atoms with Gasteiger partial charge in [-0.15, -0.1) is 11.8 Å². The smallest absolute Gasteiger partial charge is 0.351 e. The molecule has 9 heteroatoms. The maximum atomic E-state index is 11.7. The largest absolute Gasteiger partial charge is 0.439 e. The number of rotatable bonds is 5. The Morgan fingerprint density at radius 3 is 3.20 bits per heavy atom. The highest BCUT2D eigenvalue weighted by Crippen LogP contribution is 2.30. The second kappa shape index (κ2) is 6.73. The number of carbonyl (C=O) groups excluding carboxylic acids is 1. The van der Waals surface area contributed by atoms with Gasteiger partial charge in [0.15, 0.2) is 6.79 Å². The van der Waals surface area contributed by atoms with Crippen molar-refractivity contribution in [3.63, 3.8) is 0 Å². The number of carbonyl (C=O) groups is 1. The molecule has 110 valence electrons. The Kier molecular flexibility index (Phi) is 4.99. The third kappa shape index (κ3) is 3.95. The molecule has 0 radical (unpaired) electrons. The molecule has 1 aromatic rings. The van der Waals surface area contributed by atoms with Crippen molar-refractivity contribution in [1.82, 2.24) is 9.55 Å². The van der Waals surface area contributed by atoms with Crippen LogP contribution in [0.3, 0.4) is 0 Å². The molecule has 1 aliphatic rings. The quantitative estimate of drug-likeness (QED) is 0.458. The second-order valence-electron chi connectivity index (χ2n) is 4.02. The SMILES string of the molecule is CC(=O)OCOCC1OC(n2ccc(N)nc2=O)CS1. The van der Waals surface area contributed by atoms with E-state index >= 15 is 0 Å². The van der Waals surface area contributed by atoms with Crippen molar-refractivity contribution in [2.24, 2.45) is 0 Å². The van der Waals surface area contributed by atoms with Crippen molar-refractivity contribution in [2.75, 3.05) is 24.9 Å². The van der Waals surface area contributed by atoms with Gasteiger partial charge >= 0.3 is 11.7 Å². The molecule has 2 rings (SSSR count). The van der Waals surface area contributed by atoms with Gasteiger partial charge in [-0.2, -0.15) is 4.98 Å². The molecule has 1 aliphatic heterocycles. The number of nitrogens with zero attached hydrogens (tertiary/aromatic N) is 2. The van der Waals surface area contributed by atoms with E-state index in [2.05, 4.69) is 9.72 Å². The number of esters is 1. The number of anilines is 1. The molecule has 20 heavy (non-hydrogen) atoms. The molecule has 0 amide bonds. The zero-order chi connectivity index (χ0) is 14.5. The molecule has 2 atom stereocenters. The van der Waals surface area contributed by atoms with Crippen LogP contribution in [0.5, 0.6) is 0 Å². The van der Waals surface area contributed by atoms with E-state index in [9.17, 15) is 9.59 Å². The zero-order valence-electron chi connectivity index (χ0n) is 10.9. The van der Waals surface area contributed by atoms with Crippen LogP contribution in [0, 0.1) is 0 Å². The van der Waals surface area contributed by atoms with Crippen molar-refractivity contribution < 1.29 is 19.0 Å². The minimum atomic E-state index is -0.447. The third-order valence-electron chi connectivity index (χ3n) is 2.49. The Balaban J connectivity index is 1.83. The Morgan fingerprint density at radius 2 is 2.50 bits per heavy atom. The lowest BCUT2D eigenvalue weighted by Gasteiger charge is -2.14. The van der Waals surface area contributed by atoms with Crippen molar-refractivity contribution in [2.45, 2.75) is 18.6 Å². The van der Waals surface area contributed by atoms with E-state index in [0.29, 0.717) is 5.75 Å². The highest BCUT2D eigenvalue weighted by molar-refractivity contribution is 8.00. The summed E-state index contributed by atoms with van der Waals surface area (Å²) in [6.07, 6.45) is 1.15. The average Bonchev–Trinajstić information content (AvgIpc) is 2.83. The zero-order valence-corrected chi connectivity index (χ0v) is 11.7. The van der Waals surface area contributed by atoms with Gasteiger partial charge in [0.25, 0.3) is 0 Å². The summed E-state index contributed by atoms with van der Waals surface area (Å²) in [7, 11) is 0. The van der Waals surface area contributed by atoms with E-state index in [1.807, 2.05) is 0 Å². The van der Waals surface area contributed by atoms with E-state index < -0.39 is 17.9 Å². The molecular weight excluding hydrogens is 286 g/mol. The number of hydrogen-bond acceptors (Lipinski definition) is 8. The molecule has 1 fully saturated rings. The van der Waals surface area contributed by atoms with Crippen LogP contribution in [0.2, 0.25) is 0 Å². The third-order valence-corrected chi connectivity index (χ3v) is 3.59. The maximum absolute atomic E-state index is 11.7. The van der Waals surface area contributed by atoms with Crippen LogP contribution < -0.4 is 11.4 Å². The number of nitrogens with two attached hydrogens (primary N) is 1. The van der Waals surface area contributed by atoms with E-state index in [-0.39, 0.29) is 24.7 Å². The summed E-state index contributed by atoms with van der Waals surface area (Å²) < 4.78 is 16.8. The first-order valence-corrected chi connectivity index (χ1v) is 6.94. The topological polar surface area (TPSA) is 106 Å². The lowest BCUT2D eigenvalue weighted by atomic mass is 10.5. The van der Waals surface area contributed by atoms with Gasteiger partial charge in [0.1, 0.15) is 17.5 Å². The standard InChI is InChI=1S/C11H15N3O5S/c1-7(15)18-6-17-4-10-19-9(5-20-10)14-3-2-8(12)13-11(14)16/h2-3,9-10H,4-6H2,1H3,(H2,12,13,16). The van der Waals surface area contributed by atoms with Crippen LogP contribution in [0.4, 0.5) is 5.82 Å². The fraction of sp³-hybridized carbons (Fsp3) is 0.545. The van der Waals surface area contributed by atoms with Gasteiger partial charge in [0.05, 0.1) is 6.61 Å². The van der Waals surface area contributed by atoms with Gasteiger partial charge in [-0.25, -0.2) is 4.79 Å². The van der Waals surface area contributed by atoms with Crippen molar-refractivity contribution >= 4 is 23.5 Å². The van der Waals surface area contributed by atoms with Gasteiger partial charge in [0.2, 0.25) is 0 Å². The van der Waals surface area contributed by atoms with E-state index in [1.54, 1.807) is 12.3 Å². The minimum Gasteiger partial charge on any atom is -0.439 e. The van der Waals surface area contributed by atoms with Crippen LogP contribution >= 0.6 is 11.8 Å². The molecule has 0 aromatic carbocycles. The summed E-state index contributed by atoms with van der Waals surface area (Å²) in [6, 6.07) is 1.54. The van der Waals surface area contributed by atoms with Gasteiger partial charge in [-0.05, 0) is 6.07 Å². The van der Waals surface area contributed by atoms with Crippen molar-refractivity contribution in [3.05, 3.63) is 22.7 Å². The van der Waals surface area contributed by atoms with Crippen LogP contribution in [0.15, 0.2) is 17.1 Å². The fourth-order valence-corrected chi connectivity index (χ4v) is 2.61. The van der Waals surface area contributed by atoms with Crippen LogP contribution in [-0.2, 0) is 19.0 Å². The number of aromatic nitrogens is 2. The lowest BCUT2D eigenvalue weighted by molar-refractivity contribution is -0.156. The fourth-order valence-electron chi connectivity index (χ4n) is 1.59. The number of thioether (sulfide) groups is 1. The highest BCUT2D eigenvalue weighted by Gasteiger charge is 2.28.